The van der Waals surface area contributed by atoms with Gasteiger partial charge in [-0.2, -0.15) is 4.68 Å². The van der Waals surface area contributed by atoms with Crippen molar-refractivity contribution in [2.75, 3.05) is 18.0 Å². The van der Waals surface area contributed by atoms with E-state index in [2.05, 4.69) is 30.6 Å². The molecule has 10 heteroatoms. The van der Waals surface area contributed by atoms with Gasteiger partial charge in [-0.1, -0.05) is 17.3 Å². The van der Waals surface area contributed by atoms with Crippen LogP contribution in [-0.2, 0) is 0 Å². The van der Waals surface area contributed by atoms with E-state index in [1.54, 1.807) is 41.7 Å². The number of nitrogens with one attached hydrogen (secondary N) is 1. The van der Waals surface area contributed by atoms with E-state index in [0.29, 0.717) is 29.2 Å². The van der Waals surface area contributed by atoms with Crippen molar-refractivity contribution >= 4 is 33.7 Å². The van der Waals surface area contributed by atoms with Crippen LogP contribution in [0.4, 0.5) is 10.2 Å². The lowest BCUT2D eigenvalue weighted by Crippen LogP contribution is -2.49. The zero-order chi connectivity index (χ0) is 27.8. The Labute approximate surface area is 234 Å². The van der Waals surface area contributed by atoms with Gasteiger partial charge in [-0.3, -0.25) is 14.7 Å². The summed E-state index contributed by atoms with van der Waals surface area (Å²) in [5.41, 5.74) is 3.30. The third-order valence-corrected chi connectivity index (χ3v) is 7.42. The molecule has 7 rings (SSSR count). The molecule has 202 valence electrons. The summed E-state index contributed by atoms with van der Waals surface area (Å²) in [4.78, 5) is 29.3. The first-order valence-electron chi connectivity index (χ1n) is 13.5. The maximum atomic E-state index is 15.7. The lowest BCUT2D eigenvalue weighted by Gasteiger charge is -2.34. The molecule has 41 heavy (non-hydrogen) atoms. The van der Waals surface area contributed by atoms with Gasteiger partial charge in [0.05, 0.1) is 23.0 Å². The van der Waals surface area contributed by atoms with Crippen LogP contribution in [0.1, 0.15) is 23.2 Å². The molecule has 1 fully saturated rings. The van der Waals surface area contributed by atoms with Gasteiger partial charge in [0.15, 0.2) is 5.65 Å². The SMILES string of the molecule is O=C(c1ccc(-n2nnc3cccnc32)cc1F)N(c1nccc2cc(-c3ccccn3)ccc12)[C@@H]1CCCNC1. The average Bonchev–Trinajstić information content (AvgIpc) is 3.46. The minimum atomic E-state index is -0.654. The molecule has 1 saturated heterocycles. The molecule has 2 aromatic carbocycles. The summed E-state index contributed by atoms with van der Waals surface area (Å²) in [7, 11) is 0. The Balaban J connectivity index is 1.30. The second kappa shape index (κ2) is 10.5. The number of carbonyl (C=O) groups excluding carboxylic acids is 1. The lowest BCUT2D eigenvalue weighted by molar-refractivity contribution is 0.0968. The molecule has 1 amide bonds. The van der Waals surface area contributed by atoms with Crippen LogP contribution in [-0.4, -0.2) is 55.0 Å². The number of halogens is 1. The highest BCUT2D eigenvalue weighted by molar-refractivity contribution is 6.10. The molecule has 0 unspecified atom stereocenters. The van der Waals surface area contributed by atoms with Crippen molar-refractivity contribution in [3.8, 4) is 16.9 Å². The van der Waals surface area contributed by atoms with Crippen LogP contribution in [0, 0.1) is 5.82 Å². The first-order valence-corrected chi connectivity index (χ1v) is 13.5. The van der Waals surface area contributed by atoms with Crippen molar-refractivity contribution in [2.45, 2.75) is 18.9 Å². The van der Waals surface area contributed by atoms with Gasteiger partial charge < -0.3 is 5.32 Å². The summed E-state index contributed by atoms with van der Waals surface area (Å²) in [6, 6.07) is 21.5. The Hall–Kier alpha value is -5.09. The van der Waals surface area contributed by atoms with Gasteiger partial charge >= 0.3 is 0 Å². The molecule has 1 N–H and O–H groups in total. The zero-order valence-corrected chi connectivity index (χ0v) is 22.0. The van der Waals surface area contributed by atoms with Crippen LogP contribution >= 0.6 is 0 Å². The summed E-state index contributed by atoms with van der Waals surface area (Å²) in [5.74, 6) is -0.597. The molecule has 1 aliphatic rings. The van der Waals surface area contributed by atoms with E-state index in [0.717, 1.165) is 41.4 Å². The first kappa shape index (κ1) is 24.9. The molecule has 4 aromatic heterocycles. The highest BCUT2D eigenvalue weighted by Gasteiger charge is 2.31. The van der Waals surface area contributed by atoms with Crippen molar-refractivity contribution in [1.82, 2.24) is 35.3 Å². The van der Waals surface area contributed by atoms with Crippen molar-refractivity contribution in [2.24, 2.45) is 0 Å². The number of hydrogen-bond donors (Lipinski definition) is 1. The summed E-state index contributed by atoms with van der Waals surface area (Å²) in [6.07, 6.45) is 6.76. The predicted octanol–water partition coefficient (Wildman–Crippen LogP) is 4.96. The number of carbonyl (C=O) groups is 1. The Morgan fingerprint density at radius 2 is 1.88 bits per heavy atom. The topological polar surface area (TPSA) is 102 Å². The smallest absolute Gasteiger partial charge is 0.262 e. The minimum absolute atomic E-state index is 0.0411. The van der Waals surface area contributed by atoms with E-state index in [-0.39, 0.29) is 11.6 Å². The largest absolute Gasteiger partial charge is 0.315 e. The fourth-order valence-electron chi connectivity index (χ4n) is 5.41. The monoisotopic (exact) mass is 544 g/mol. The lowest BCUT2D eigenvalue weighted by atomic mass is 10.0. The van der Waals surface area contributed by atoms with Crippen molar-refractivity contribution in [3.63, 3.8) is 0 Å². The third-order valence-electron chi connectivity index (χ3n) is 7.42. The number of rotatable bonds is 5. The summed E-state index contributed by atoms with van der Waals surface area (Å²) in [6.45, 7) is 1.46. The summed E-state index contributed by atoms with van der Waals surface area (Å²) >= 11 is 0. The maximum Gasteiger partial charge on any atom is 0.262 e. The molecular formula is C31H25FN8O. The number of anilines is 1. The standard InChI is InChI=1S/C31H25FN8O/c32-26-18-22(40-30-28(37-38-40)7-4-15-35-30)9-11-25(26)31(41)39(23-5-3-13-33-19-23)29-24-10-8-21(17-20(24)12-16-36-29)27-6-1-2-14-34-27/h1-2,4,6-12,14-18,23,33H,3,5,13,19H2/t23-/m1/s1. The molecule has 5 heterocycles. The highest BCUT2D eigenvalue weighted by Crippen LogP contribution is 2.32. The molecule has 0 bridgehead atoms. The van der Waals surface area contributed by atoms with Crippen molar-refractivity contribution in [3.05, 3.63) is 103 Å². The Bertz CT molecular complexity index is 1880. The van der Waals surface area contributed by atoms with Crippen LogP contribution < -0.4 is 10.2 Å². The van der Waals surface area contributed by atoms with Gasteiger partial charge in [-0.05, 0) is 79.4 Å². The molecule has 0 radical (unpaired) electrons. The third kappa shape index (κ3) is 4.57. The summed E-state index contributed by atoms with van der Waals surface area (Å²) in [5, 5.41) is 13.3. The minimum Gasteiger partial charge on any atom is -0.315 e. The second-order valence-electron chi connectivity index (χ2n) is 9.97. The van der Waals surface area contributed by atoms with Gasteiger partial charge in [-0.15, -0.1) is 5.10 Å². The van der Waals surface area contributed by atoms with Crippen LogP contribution in [0.2, 0.25) is 0 Å². The average molecular weight is 545 g/mol. The molecule has 0 saturated carbocycles. The van der Waals surface area contributed by atoms with Crippen LogP contribution in [0.3, 0.4) is 0 Å². The van der Waals surface area contributed by atoms with Crippen LogP contribution in [0.5, 0.6) is 0 Å². The Morgan fingerprint density at radius 1 is 0.951 bits per heavy atom. The fraction of sp³-hybridized carbons (Fsp3) is 0.161. The van der Waals surface area contributed by atoms with Gasteiger partial charge in [0, 0.05) is 42.2 Å². The van der Waals surface area contributed by atoms with Gasteiger partial charge in [0.25, 0.3) is 5.91 Å². The number of hydrogen-bond acceptors (Lipinski definition) is 7. The first-order chi connectivity index (χ1) is 20.2. The van der Waals surface area contributed by atoms with E-state index in [1.165, 1.54) is 16.8 Å². The normalized spacial score (nSPS) is 15.3. The molecule has 0 spiro atoms. The van der Waals surface area contributed by atoms with Gasteiger partial charge in [0.2, 0.25) is 0 Å². The molecule has 1 atom stereocenters. The number of piperidine rings is 1. The number of aromatic nitrogens is 6. The molecule has 1 aliphatic heterocycles. The fourth-order valence-corrected chi connectivity index (χ4v) is 5.41. The molecule has 0 aliphatic carbocycles. The summed E-state index contributed by atoms with van der Waals surface area (Å²) < 4.78 is 17.2. The van der Waals surface area contributed by atoms with Crippen LogP contribution in [0.15, 0.2) is 91.4 Å². The van der Waals surface area contributed by atoms with Crippen molar-refractivity contribution < 1.29 is 9.18 Å². The number of amides is 1. The van der Waals surface area contributed by atoms with E-state index < -0.39 is 11.7 Å². The second-order valence-corrected chi connectivity index (χ2v) is 9.97. The molecular weight excluding hydrogens is 519 g/mol. The highest BCUT2D eigenvalue weighted by atomic mass is 19.1. The van der Waals surface area contributed by atoms with Crippen molar-refractivity contribution in [1.29, 1.82) is 0 Å². The zero-order valence-electron chi connectivity index (χ0n) is 22.0. The maximum absolute atomic E-state index is 15.7. The van der Waals surface area contributed by atoms with Gasteiger partial charge in [-0.25, -0.2) is 14.4 Å². The van der Waals surface area contributed by atoms with E-state index >= 15 is 4.39 Å². The quantitative estimate of drug-likeness (QED) is 0.327. The van der Waals surface area contributed by atoms with Gasteiger partial charge in [0.1, 0.15) is 17.2 Å². The molecule has 9 nitrogen and oxygen atoms in total. The number of nitrogens with zero attached hydrogens (tertiary/aromatic N) is 7. The Morgan fingerprint density at radius 3 is 2.71 bits per heavy atom. The van der Waals surface area contributed by atoms with Crippen LogP contribution in [0.25, 0.3) is 38.9 Å². The number of benzene rings is 2. The molecule has 6 aromatic rings. The van der Waals surface area contributed by atoms with E-state index in [1.807, 2.05) is 42.5 Å². The Kier molecular flexibility index (Phi) is 6.36. The van der Waals surface area contributed by atoms with E-state index in [9.17, 15) is 4.79 Å². The predicted molar refractivity (Wildman–Crippen MR) is 154 cm³/mol. The van der Waals surface area contributed by atoms with E-state index in [4.69, 9.17) is 0 Å². The number of pyridine rings is 3. The number of fused-ring (bicyclic) bond motifs is 2.